The van der Waals surface area contributed by atoms with Gasteiger partial charge in [0.2, 0.25) is 11.8 Å². The summed E-state index contributed by atoms with van der Waals surface area (Å²) in [7, 11) is 0. The van der Waals surface area contributed by atoms with E-state index in [4.69, 9.17) is 4.74 Å². The van der Waals surface area contributed by atoms with Crippen LogP contribution in [0.1, 0.15) is 31.4 Å². The Morgan fingerprint density at radius 1 is 1.04 bits per heavy atom. The predicted octanol–water partition coefficient (Wildman–Crippen LogP) is 4.70. The molecule has 3 heteroatoms. The van der Waals surface area contributed by atoms with Gasteiger partial charge in [0.25, 0.3) is 0 Å². The summed E-state index contributed by atoms with van der Waals surface area (Å²) in [5, 5.41) is 0. The van der Waals surface area contributed by atoms with Crippen LogP contribution in [-0.4, -0.2) is 17.8 Å². The van der Waals surface area contributed by atoms with Gasteiger partial charge in [-0.1, -0.05) is 55.5 Å². The summed E-state index contributed by atoms with van der Waals surface area (Å²) in [4.78, 5) is 9.31. The van der Waals surface area contributed by atoms with E-state index < -0.39 is 0 Å². The minimum atomic E-state index is 0.203. The Hall–Kier alpha value is -2.68. The molecule has 1 unspecified atom stereocenters. The average Bonchev–Trinajstić information content (AvgIpc) is 2.99. The third kappa shape index (κ3) is 3.75. The summed E-state index contributed by atoms with van der Waals surface area (Å²) in [5.41, 5.74) is 2.82. The van der Waals surface area contributed by atoms with Crippen molar-refractivity contribution in [3.05, 3.63) is 77.5 Å². The average molecular weight is 304 g/mol. The van der Waals surface area contributed by atoms with Crippen molar-refractivity contribution in [1.82, 2.24) is 0 Å². The smallest absolute Gasteiger partial charge is 0.243 e. The van der Waals surface area contributed by atoms with E-state index in [1.54, 1.807) is 0 Å². The van der Waals surface area contributed by atoms with Crippen molar-refractivity contribution in [2.24, 2.45) is 9.98 Å². The number of ether oxygens (including phenoxy) is 1. The largest absolute Gasteiger partial charge is 0.418 e. The Bertz CT molecular complexity index is 746. The van der Waals surface area contributed by atoms with E-state index >= 15 is 0 Å². The van der Waals surface area contributed by atoms with Gasteiger partial charge in [0.15, 0.2) is 0 Å². The van der Waals surface area contributed by atoms with E-state index in [-0.39, 0.29) is 6.04 Å². The van der Waals surface area contributed by atoms with Crippen molar-refractivity contribution in [3.63, 3.8) is 0 Å². The summed E-state index contributed by atoms with van der Waals surface area (Å²) in [6.45, 7) is 4.19. The molecule has 1 aliphatic heterocycles. The lowest BCUT2D eigenvalue weighted by atomic mass is 10.2. The molecule has 0 saturated carbocycles. The molecule has 1 atom stereocenters. The van der Waals surface area contributed by atoms with Crippen LogP contribution in [0.3, 0.4) is 0 Å². The number of hydrogen-bond acceptors (Lipinski definition) is 3. The third-order valence-electron chi connectivity index (χ3n) is 3.69. The van der Waals surface area contributed by atoms with Crippen LogP contribution in [0.5, 0.6) is 0 Å². The molecule has 23 heavy (non-hydrogen) atoms. The molecular weight excluding hydrogens is 284 g/mol. The van der Waals surface area contributed by atoms with Crippen LogP contribution in [0.2, 0.25) is 0 Å². The van der Waals surface area contributed by atoms with Crippen molar-refractivity contribution >= 4 is 17.9 Å². The van der Waals surface area contributed by atoms with Crippen molar-refractivity contribution in [3.8, 4) is 0 Å². The first-order chi connectivity index (χ1) is 11.3. The number of aliphatic imine (C=N–C) groups is 2. The number of hydrogen-bond donors (Lipinski definition) is 0. The molecule has 1 heterocycles. The summed E-state index contributed by atoms with van der Waals surface area (Å²) >= 11 is 0. The minimum Gasteiger partial charge on any atom is -0.418 e. The number of rotatable bonds is 4. The molecule has 1 aliphatic rings. The Morgan fingerprint density at radius 3 is 2.35 bits per heavy atom. The highest BCUT2D eigenvalue weighted by Crippen LogP contribution is 2.21. The highest BCUT2D eigenvalue weighted by Gasteiger charge is 2.22. The van der Waals surface area contributed by atoms with Crippen molar-refractivity contribution in [1.29, 1.82) is 0 Å². The topological polar surface area (TPSA) is 34.0 Å². The normalized spacial score (nSPS) is 18.8. The van der Waals surface area contributed by atoms with Crippen LogP contribution in [0, 0.1) is 0 Å². The lowest BCUT2D eigenvalue weighted by Gasteiger charge is -2.05. The van der Waals surface area contributed by atoms with Crippen LogP contribution in [0.4, 0.5) is 0 Å². The second-order valence-corrected chi connectivity index (χ2v) is 5.52. The molecule has 0 aliphatic carbocycles. The third-order valence-corrected chi connectivity index (χ3v) is 3.69. The maximum atomic E-state index is 5.94. The van der Waals surface area contributed by atoms with Crippen molar-refractivity contribution < 1.29 is 4.74 Å². The van der Waals surface area contributed by atoms with Crippen LogP contribution in [0.15, 0.2) is 76.3 Å². The molecule has 0 N–H and O–H groups in total. The van der Waals surface area contributed by atoms with E-state index in [0.29, 0.717) is 11.8 Å². The Balaban J connectivity index is 1.99. The molecule has 0 radical (unpaired) electrons. The number of benzene rings is 2. The molecule has 116 valence electrons. The van der Waals surface area contributed by atoms with E-state index in [2.05, 4.69) is 23.8 Å². The Kier molecular flexibility index (Phi) is 4.67. The molecule has 0 fully saturated rings. The summed E-state index contributed by atoms with van der Waals surface area (Å²) < 4.78 is 5.94. The second-order valence-electron chi connectivity index (χ2n) is 5.52. The van der Waals surface area contributed by atoms with Gasteiger partial charge in [-0.15, -0.1) is 0 Å². The fourth-order valence-corrected chi connectivity index (χ4v) is 2.21. The molecule has 3 nitrogen and oxygen atoms in total. The first kappa shape index (κ1) is 15.2. The van der Waals surface area contributed by atoms with Crippen molar-refractivity contribution in [2.45, 2.75) is 26.3 Å². The highest BCUT2D eigenvalue weighted by atomic mass is 16.5. The van der Waals surface area contributed by atoms with Crippen molar-refractivity contribution in [2.75, 3.05) is 0 Å². The zero-order valence-corrected chi connectivity index (χ0v) is 13.4. The zero-order chi connectivity index (χ0) is 16.1. The van der Waals surface area contributed by atoms with Crippen LogP contribution >= 0.6 is 0 Å². The van der Waals surface area contributed by atoms with Gasteiger partial charge in [0, 0.05) is 5.56 Å². The molecule has 0 bridgehead atoms. The van der Waals surface area contributed by atoms with E-state index in [0.717, 1.165) is 23.2 Å². The van der Waals surface area contributed by atoms with Gasteiger partial charge in [-0.25, -0.2) is 9.98 Å². The molecule has 0 spiro atoms. The fraction of sp³-hybridized carbons (Fsp3) is 0.200. The van der Waals surface area contributed by atoms with E-state index in [1.807, 2.05) is 66.7 Å². The van der Waals surface area contributed by atoms with Gasteiger partial charge in [0.1, 0.15) is 5.70 Å². The van der Waals surface area contributed by atoms with Gasteiger partial charge >= 0.3 is 0 Å². The van der Waals surface area contributed by atoms with Gasteiger partial charge in [-0.3, -0.25) is 0 Å². The predicted molar refractivity (Wildman–Crippen MR) is 95.7 cm³/mol. The molecule has 2 aromatic carbocycles. The van der Waals surface area contributed by atoms with Crippen LogP contribution in [-0.2, 0) is 4.74 Å². The molecule has 0 amide bonds. The molecule has 3 rings (SSSR count). The summed E-state index contributed by atoms with van der Waals surface area (Å²) in [6.07, 6.45) is 2.98. The second kappa shape index (κ2) is 7.05. The molecular formula is C20H20N2O. The van der Waals surface area contributed by atoms with Crippen LogP contribution < -0.4 is 0 Å². The lowest BCUT2D eigenvalue weighted by molar-refractivity contribution is 0.550. The zero-order valence-electron chi connectivity index (χ0n) is 13.4. The molecule has 0 aromatic heterocycles. The molecule has 2 aromatic rings. The SMILES string of the molecule is CCC(C)N=C1OC(c2ccccc2)=N/C1=C/c1ccccc1. The van der Waals surface area contributed by atoms with Gasteiger partial charge in [0.05, 0.1) is 6.04 Å². The van der Waals surface area contributed by atoms with Gasteiger partial charge in [-0.05, 0) is 37.1 Å². The summed E-state index contributed by atoms with van der Waals surface area (Å²) in [5.74, 6) is 1.21. The van der Waals surface area contributed by atoms with E-state index in [1.165, 1.54) is 0 Å². The highest BCUT2D eigenvalue weighted by molar-refractivity contribution is 6.15. The quantitative estimate of drug-likeness (QED) is 0.806. The standard InChI is InChI=1S/C20H20N2O/c1-3-15(2)21-20-18(14-16-10-6-4-7-11-16)22-19(23-20)17-12-8-5-9-13-17/h4-15H,3H2,1-2H3/b18-14+,21-20?. The first-order valence-electron chi connectivity index (χ1n) is 7.93. The van der Waals surface area contributed by atoms with E-state index in [9.17, 15) is 0 Å². The fourth-order valence-electron chi connectivity index (χ4n) is 2.21. The number of nitrogens with zero attached hydrogens (tertiary/aromatic N) is 2. The monoisotopic (exact) mass is 304 g/mol. The Morgan fingerprint density at radius 2 is 1.70 bits per heavy atom. The summed E-state index contributed by atoms with van der Waals surface area (Å²) in [6, 6.07) is 20.2. The lowest BCUT2D eigenvalue weighted by Crippen LogP contribution is -2.09. The Labute approximate surface area is 137 Å². The van der Waals surface area contributed by atoms with Gasteiger partial charge in [-0.2, -0.15) is 0 Å². The molecule has 0 saturated heterocycles. The van der Waals surface area contributed by atoms with Gasteiger partial charge < -0.3 is 4.74 Å². The van der Waals surface area contributed by atoms with Crippen LogP contribution in [0.25, 0.3) is 6.08 Å². The minimum absolute atomic E-state index is 0.203. The maximum Gasteiger partial charge on any atom is 0.243 e. The maximum absolute atomic E-state index is 5.94. The first-order valence-corrected chi connectivity index (χ1v) is 7.93.